The fourth-order valence-electron chi connectivity index (χ4n) is 3.56. The van der Waals surface area contributed by atoms with Crippen LogP contribution >= 0.6 is 0 Å². The third kappa shape index (κ3) is 2.63. The van der Waals surface area contributed by atoms with Gasteiger partial charge in [-0.2, -0.15) is 0 Å². The molecule has 0 radical (unpaired) electrons. The van der Waals surface area contributed by atoms with Crippen molar-refractivity contribution in [3.63, 3.8) is 0 Å². The van der Waals surface area contributed by atoms with Gasteiger partial charge in [0.2, 0.25) is 0 Å². The summed E-state index contributed by atoms with van der Waals surface area (Å²) in [6.07, 6.45) is 3.55. The van der Waals surface area contributed by atoms with Crippen LogP contribution < -0.4 is 10.1 Å². The van der Waals surface area contributed by atoms with Gasteiger partial charge in [-0.3, -0.25) is 0 Å². The van der Waals surface area contributed by atoms with Crippen molar-refractivity contribution in [2.45, 2.75) is 31.2 Å². The Labute approximate surface area is 115 Å². The molecule has 0 bridgehead atoms. The Kier molecular flexibility index (Phi) is 4.04. The number of hydrogen-bond donors (Lipinski definition) is 1. The Balaban J connectivity index is 1.83. The van der Waals surface area contributed by atoms with Crippen molar-refractivity contribution >= 4 is 0 Å². The molecule has 3 nitrogen and oxygen atoms in total. The highest BCUT2D eigenvalue weighted by atomic mass is 16.5. The maximum absolute atomic E-state index is 5.78. The van der Waals surface area contributed by atoms with E-state index in [0.29, 0.717) is 17.9 Å². The highest BCUT2D eigenvalue weighted by molar-refractivity contribution is 5.38. The molecule has 1 aromatic carbocycles. The van der Waals surface area contributed by atoms with Crippen LogP contribution in [0.25, 0.3) is 0 Å². The number of benzene rings is 1. The summed E-state index contributed by atoms with van der Waals surface area (Å²) < 4.78 is 11.4. The zero-order valence-corrected chi connectivity index (χ0v) is 11.6. The molecule has 1 aromatic rings. The Hall–Kier alpha value is -1.06. The highest BCUT2D eigenvalue weighted by Crippen LogP contribution is 2.38. The predicted molar refractivity (Wildman–Crippen MR) is 75.7 cm³/mol. The van der Waals surface area contributed by atoms with E-state index >= 15 is 0 Å². The van der Waals surface area contributed by atoms with E-state index < -0.39 is 0 Å². The SMILES string of the molecule is CNC(C1CCCOC1)C1CCOc2ccccc21. The van der Waals surface area contributed by atoms with Gasteiger partial charge in [-0.1, -0.05) is 18.2 Å². The average molecular weight is 261 g/mol. The summed E-state index contributed by atoms with van der Waals surface area (Å²) >= 11 is 0. The topological polar surface area (TPSA) is 30.5 Å². The number of fused-ring (bicyclic) bond motifs is 1. The Morgan fingerprint density at radius 1 is 1.21 bits per heavy atom. The van der Waals surface area contributed by atoms with Gasteiger partial charge in [0.1, 0.15) is 5.75 Å². The highest BCUT2D eigenvalue weighted by Gasteiger charge is 2.33. The number of nitrogens with one attached hydrogen (secondary N) is 1. The monoisotopic (exact) mass is 261 g/mol. The van der Waals surface area contributed by atoms with Gasteiger partial charge < -0.3 is 14.8 Å². The van der Waals surface area contributed by atoms with Crippen LogP contribution in [0, 0.1) is 5.92 Å². The largest absolute Gasteiger partial charge is 0.493 e. The molecule has 2 aliphatic heterocycles. The maximum atomic E-state index is 5.78. The van der Waals surface area contributed by atoms with Crippen LogP contribution in [0.5, 0.6) is 5.75 Å². The molecule has 104 valence electrons. The smallest absolute Gasteiger partial charge is 0.122 e. The van der Waals surface area contributed by atoms with Crippen LogP contribution in [0.4, 0.5) is 0 Å². The second-order valence-corrected chi connectivity index (χ2v) is 5.57. The zero-order valence-electron chi connectivity index (χ0n) is 11.6. The molecular weight excluding hydrogens is 238 g/mol. The zero-order chi connectivity index (χ0) is 13.1. The molecule has 0 spiro atoms. The van der Waals surface area contributed by atoms with Crippen LogP contribution in [0.1, 0.15) is 30.7 Å². The molecule has 2 heterocycles. The van der Waals surface area contributed by atoms with Gasteiger partial charge in [0, 0.05) is 18.6 Å². The molecule has 0 aliphatic carbocycles. The molecule has 2 aliphatic rings. The van der Waals surface area contributed by atoms with Crippen molar-refractivity contribution in [3.05, 3.63) is 29.8 Å². The van der Waals surface area contributed by atoms with Crippen molar-refractivity contribution in [2.24, 2.45) is 5.92 Å². The third-order valence-corrected chi connectivity index (χ3v) is 4.48. The molecule has 1 N–H and O–H groups in total. The lowest BCUT2D eigenvalue weighted by atomic mass is 9.78. The fourth-order valence-corrected chi connectivity index (χ4v) is 3.56. The lowest BCUT2D eigenvalue weighted by Gasteiger charge is -2.38. The standard InChI is InChI=1S/C16H23NO2/c1-17-16(12-5-4-9-18-11-12)14-8-10-19-15-7-3-2-6-13(14)15/h2-3,6-7,12,14,16-17H,4-5,8-11H2,1H3. The van der Waals surface area contributed by atoms with E-state index in [1.807, 2.05) is 0 Å². The number of para-hydroxylation sites is 1. The van der Waals surface area contributed by atoms with Crippen molar-refractivity contribution < 1.29 is 9.47 Å². The van der Waals surface area contributed by atoms with Crippen LogP contribution in [0.2, 0.25) is 0 Å². The summed E-state index contributed by atoms with van der Waals surface area (Å²) in [5.41, 5.74) is 1.36. The number of likely N-dealkylation sites (N-methyl/N-ethyl adjacent to an activating group) is 1. The molecule has 0 aromatic heterocycles. The molecule has 3 rings (SSSR count). The van der Waals surface area contributed by atoms with Crippen LogP contribution in [0.15, 0.2) is 24.3 Å². The number of rotatable bonds is 3. The summed E-state index contributed by atoms with van der Waals surface area (Å²) in [7, 11) is 2.08. The molecule has 1 fully saturated rings. The second-order valence-electron chi connectivity index (χ2n) is 5.57. The molecule has 3 heteroatoms. The normalized spacial score (nSPS) is 28.3. The Morgan fingerprint density at radius 2 is 2.11 bits per heavy atom. The first kappa shape index (κ1) is 12.9. The van der Waals surface area contributed by atoms with Crippen LogP contribution in [-0.2, 0) is 4.74 Å². The van der Waals surface area contributed by atoms with Gasteiger partial charge in [-0.25, -0.2) is 0 Å². The quantitative estimate of drug-likeness (QED) is 0.907. The van der Waals surface area contributed by atoms with Crippen molar-refractivity contribution in [2.75, 3.05) is 26.9 Å². The minimum Gasteiger partial charge on any atom is -0.493 e. The fraction of sp³-hybridized carbons (Fsp3) is 0.625. The van der Waals surface area contributed by atoms with Gasteiger partial charge in [-0.05, 0) is 43.9 Å². The van der Waals surface area contributed by atoms with E-state index in [-0.39, 0.29) is 0 Å². The predicted octanol–water partition coefficient (Wildman–Crippen LogP) is 2.57. The molecule has 3 unspecified atom stereocenters. The van der Waals surface area contributed by atoms with Crippen molar-refractivity contribution in [1.29, 1.82) is 0 Å². The summed E-state index contributed by atoms with van der Waals surface area (Å²) in [4.78, 5) is 0. The minimum absolute atomic E-state index is 0.491. The molecule has 19 heavy (non-hydrogen) atoms. The third-order valence-electron chi connectivity index (χ3n) is 4.48. The van der Waals surface area contributed by atoms with Gasteiger partial charge in [0.25, 0.3) is 0 Å². The lowest BCUT2D eigenvalue weighted by Crippen LogP contribution is -2.44. The average Bonchev–Trinajstić information content (AvgIpc) is 2.49. The maximum Gasteiger partial charge on any atom is 0.122 e. The van der Waals surface area contributed by atoms with Gasteiger partial charge >= 0.3 is 0 Å². The summed E-state index contributed by atoms with van der Waals surface area (Å²) in [6, 6.07) is 8.97. The lowest BCUT2D eigenvalue weighted by molar-refractivity contribution is 0.0332. The van der Waals surface area contributed by atoms with Crippen molar-refractivity contribution in [3.8, 4) is 5.75 Å². The van der Waals surface area contributed by atoms with E-state index in [1.54, 1.807) is 0 Å². The summed E-state index contributed by atoms with van der Waals surface area (Å²) in [5.74, 6) is 2.23. The van der Waals surface area contributed by atoms with E-state index in [2.05, 4.69) is 36.6 Å². The number of ether oxygens (including phenoxy) is 2. The molecule has 0 saturated carbocycles. The van der Waals surface area contributed by atoms with Gasteiger partial charge in [0.05, 0.1) is 13.2 Å². The number of hydrogen-bond acceptors (Lipinski definition) is 3. The minimum atomic E-state index is 0.491. The summed E-state index contributed by atoms with van der Waals surface area (Å²) in [6.45, 7) is 2.65. The molecule has 0 amide bonds. The first-order valence-electron chi connectivity index (χ1n) is 7.37. The summed E-state index contributed by atoms with van der Waals surface area (Å²) in [5, 5.41) is 3.55. The Morgan fingerprint density at radius 3 is 2.89 bits per heavy atom. The van der Waals surface area contributed by atoms with E-state index in [0.717, 1.165) is 32.0 Å². The second kappa shape index (κ2) is 5.93. The van der Waals surface area contributed by atoms with E-state index in [1.165, 1.54) is 18.4 Å². The van der Waals surface area contributed by atoms with Gasteiger partial charge in [-0.15, -0.1) is 0 Å². The van der Waals surface area contributed by atoms with E-state index in [9.17, 15) is 0 Å². The Bertz CT molecular complexity index is 415. The molecular formula is C16H23NO2. The first-order valence-corrected chi connectivity index (χ1v) is 7.37. The first-order chi connectivity index (χ1) is 9.40. The van der Waals surface area contributed by atoms with E-state index in [4.69, 9.17) is 9.47 Å². The van der Waals surface area contributed by atoms with Crippen molar-refractivity contribution in [1.82, 2.24) is 5.32 Å². The molecule has 3 atom stereocenters. The van der Waals surface area contributed by atoms with Crippen LogP contribution in [-0.4, -0.2) is 32.9 Å². The molecule has 1 saturated heterocycles. The van der Waals surface area contributed by atoms with Gasteiger partial charge in [0.15, 0.2) is 0 Å². The van der Waals surface area contributed by atoms with Crippen LogP contribution in [0.3, 0.4) is 0 Å².